The van der Waals surface area contributed by atoms with Crippen LogP contribution >= 0.6 is 0 Å². The minimum absolute atomic E-state index is 0.0307. The van der Waals surface area contributed by atoms with Gasteiger partial charge in [0, 0.05) is 38.1 Å². The van der Waals surface area contributed by atoms with Gasteiger partial charge in [0.15, 0.2) is 0 Å². The van der Waals surface area contributed by atoms with Gasteiger partial charge in [0.05, 0.1) is 12.6 Å². The first-order valence-corrected chi connectivity index (χ1v) is 9.13. The van der Waals surface area contributed by atoms with E-state index in [-0.39, 0.29) is 30.5 Å². The Bertz CT molecular complexity index is 443. The molecule has 0 spiro atoms. The van der Waals surface area contributed by atoms with Crippen molar-refractivity contribution in [1.82, 2.24) is 15.1 Å². The molecule has 6 heteroatoms. The van der Waals surface area contributed by atoms with E-state index in [4.69, 9.17) is 0 Å². The predicted molar refractivity (Wildman–Crippen MR) is 86.8 cm³/mol. The summed E-state index contributed by atoms with van der Waals surface area (Å²) in [5, 5.41) is 12.9. The highest BCUT2D eigenvalue weighted by molar-refractivity contribution is 5.85. The third-order valence-corrected chi connectivity index (χ3v) is 5.50. The molecule has 3 atom stereocenters. The Kier molecular flexibility index (Phi) is 5.54. The van der Waals surface area contributed by atoms with Gasteiger partial charge >= 0.3 is 0 Å². The first-order valence-electron chi connectivity index (χ1n) is 9.13. The number of likely N-dealkylation sites (tertiary alicyclic amines) is 2. The van der Waals surface area contributed by atoms with Crippen molar-refractivity contribution in [3.05, 3.63) is 0 Å². The van der Waals surface area contributed by atoms with Gasteiger partial charge in [-0.15, -0.1) is 0 Å². The van der Waals surface area contributed by atoms with Gasteiger partial charge in [-0.3, -0.25) is 14.5 Å². The molecule has 2 amide bonds. The molecule has 0 aromatic carbocycles. The molecule has 6 nitrogen and oxygen atoms in total. The summed E-state index contributed by atoms with van der Waals surface area (Å²) in [6, 6.07) is 0.505. The average Bonchev–Trinajstić information content (AvgIpc) is 3.09. The lowest BCUT2D eigenvalue weighted by atomic mass is 10.1. The maximum atomic E-state index is 12.4. The molecular weight excluding hydrogens is 294 g/mol. The van der Waals surface area contributed by atoms with Crippen molar-refractivity contribution in [3.63, 3.8) is 0 Å². The first kappa shape index (κ1) is 16.7. The molecule has 1 saturated carbocycles. The van der Waals surface area contributed by atoms with Gasteiger partial charge in [0.25, 0.3) is 0 Å². The van der Waals surface area contributed by atoms with Crippen LogP contribution in [0.15, 0.2) is 0 Å². The van der Waals surface area contributed by atoms with Gasteiger partial charge in [-0.05, 0) is 38.5 Å². The predicted octanol–water partition coefficient (Wildman–Crippen LogP) is 0.493. The summed E-state index contributed by atoms with van der Waals surface area (Å²) in [4.78, 5) is 28.4. The number of amides is 2. The smallest absolute Gasteiger partial charge is 0.239 e. The third kappa shape index (κ3) is 4.23. The molecule has 2 saturated heterocycles. The SMILES string of the molecule is O=C(CN1CCCCCC1=O)N[C@@H]1CCC[C@@H]1N1CCC(O)C1. The van der Waals surface area contributed by atoms with Gasteiger partial charge in [-0.2, -0.15) is 0 Å². The van der Waals surface area contributed by atoms with Gasteiger partial charge < -0.3 is 15.3 Å². The lowest BCUT2D eigenvalue weighted by molar-refractivity contribution is -0.135. The normalized spacial score (nSPS) is 33.0. The zero-order valence-electron chi connectivity index (χ0n) is 13.9. The second-order valence-electron chi connectivity index (χ2n) is 7.24. The van der Waals surface area contributed by atoms with E-state index in [1.54, 1.807) is 4.90 Å². The van der Waals surface area contributed by atoms with Crippen LogP contribution in [0.3, 0.4) is 0 Å². The topological polar surface area (TPSA) is 72.9 Å². The quantitative estimate of drug-likeness (QED) is 0.790. The zero-order valence-corrected chi connectivity index (χ0v) is 13.9. The Hall–Kier alpha value is -1.14. The summed E-state index contributed by atoms with van der Waals surface area (Å²) in [6.07, 6.45) is 7.40. The van der Waals surface area contributed by atoms with Gasteiger partial charge in [-0.25, -0.2) is 0 Å². The zero-order chi connectivity index (χ0) is 16.2. The molecule has 2 aliphatic heterocycles. The van der Waals surface area contributed by atoms with Crippen molar-refractivity contribution in [1.29, 1.82) is 0 Å². The number of nitrogens with one attached hydrogen (secondary N) is 1. The van der Waals surface area contributed by atoms with Crippen molar-refractivity contribution in [2.45, 2.75) is 69.6 Å². The molecule has 3 rings (SSSR count). The van der Waals surface area contributed by atoms with E-state index < -0.39 is 0 Å². The molecule has 3 aliphatic rings. The van der Waals surface area contributed by atoms with Crippen LogP contribution in [0, 0.1) is 0 Å². The minimum atomic E-state index is -0.221. The van der Waals surface area contributed by atoms with Crippen LogP contribution in [-0.2, 0) is 9.59 Å². The van der Waals surface area contributed by atoms with Crippen LogP contribution in [0.5, 0.6) is 0 Å². The number of nitrogens with zero attached hydrogens (tertiary/aromatic N) is 2. The number of rotatable bonds is 4. The fourth-order valence-electron chi connectivity index (χ4n) is 4.25. The van der Waals surface area contributed by atoms with E-state index in [2.05, 4.69) is 10.2 Å². The summed E-state index contributed by atoms with van der Waals surface area (Å²) in [6.45, 7) is 2.55. The van der Waals surface area contributed by atoms with E-state index in [1.807, 2.05) is 0 Å². The van der Waals surface area contributed by atoms with Crippen LogP contribution in [0.25, 0.3) is 0 Å². The molecular formula is C17H29N3O3. The Balaban J connectivity index is 1.51. The van der Waals surface area contributed by atoms with Crippen LogP contribution < -0.4 is 5.32 Å². The highest BCUT2D eigenvalue weighted by Gasteiger charge is 2.36. The van der Waals surface area contributed by atoms with Crippen LogP contribution in [0.2, 0.25) is 0 Å². The molecule has 1 unspecified atom stereocenters. The fraction of sp³-hybridized carbons (Fsp3) is 0.882. The summed E-state index contributed by atoms with van der Waals surface area (Å²) in [5.74, 6) is 0.0835. The lowest BCUT2D eigenvalue weighted by Crippen LogP contribution is -2.51. The Morgan fingerprint density at radius 3 is 2.78 bits per heavy atom. The van der Waals surface area contributed by atoms with Crippen molar-refractivity contribution in [2.75, 3.05) is 26.2 Å². The second kappa shape index (κ2) is 7.62. The molecule has 2 heterocycles. The van der Waals surface area contributed by atoms with Gasteiger partial charge in [0.2, 0.25) is 11.8 Å². The minimum Gasteiger partial charge on any atom is -0.392 e. The number of carbonyl (C=O) groups excluding carboxylic acids is 2. The van der Waals surface area contributed by atoms with Crippen molar-refractivity contribution in [2.24, 2.45) is 0 Å². The third-order valence-electron chi connectivity index (χ3n) is 5.50. The van der Waals surface area contributed by atoms with E-state index in [0.717, 1.165) is 58.0 Å². The standard InChI is InChI=1S/C17H29N3O3/c21-13-8-10-19(11-13)15-6-4-5-14(15)18-16(22)12-20-9-3-1-2-7-17(20)23/h13-15,21H,1-12H2,(H,18,22)/t13?,14-,15+/m1/s1. The maximum Gasteiger partial charge on any atom is 0.239 e. The number of hydrogen-bond donors (Lipinski definition) is 2. The van der Waals surface area contributed by atoms with Crippen LogP contribution in [0.4, 0.5) is 0 Å². The Morgan fingerprint density at radius 2 is 2.00 bits per heavy atom. The van der Waals surface area contributed by atoms with Crippen molar-refractivity contribution in [3.8, 4) is 0 Å². The molecule has 3 fully saturated rings. The number of hydrogen-bond acceptors (Lipinski definition) is 4. The van der Waals surface area contributed by atoms with Gasteiger partial charge in [-0.1, -0.05) is 6.42 Å². The van der Waals surface area contributed by atoms with E-state index >= 15 is 0 Å². The molecule has 130 valence electrons. The second-order valence-corrected chi connectivity index (χ2v) is 7.24. The molecule has 2 N–H and O–H groups in total. The molecule has 0 bridgehead atoms. The monoisotopic (exact) mass is 323 g/mol. The number of aliphatic hydroxyl groups is 1. The number of carbonyl (C=O) groups is 2. The Morgan fingerprint density at radius 1 is 1.13 bits per heavy atom. The number of aliphatic hydroxyl groups excluding tert-OH is 1. The highest BCUT2D eigenvalue weighted by Crippen LogP contribution is 2.27. The molecule has 1 aliphatic carbocycles. The molecule has 0 radical (unpaired) electrons. The summed E-state index contributed by atoms with van der Waals surface area (Å²) in [5.41, 5.74) is 0. The summed E-state index contributed by atoms with van der Waals surface area (Å²) < 4.78 is 0. The maximum absolute atomic E-state index is 12.4. The van der Waals surface area contributed by atoms with E-state index in [9.17, 15) is 14.7 Å². The van der Waals surface area contributed by atoms with Crippen LogP contribution in [-0.4, -0.2) is 71.1 Å². The first-order chi connectivity index (χ1) is 11.1. The largest absolute Gasteiger partial charge is 0.392 e. The summed E-state index contributed by atoms with van der Waals surface area (Å²) >= 11 is 0. The average molecular weight is 323 g/mol. The molecule has 0 aromatic heterocycles. The number of β-amino-alcohol motifs (C(OH)–C–C–N with tert-alkyl or cyclic N) is 1. The van der Waals surface area contributed by atoms with E-state index in [1.165, 1.54) is 0 Å². The fourth-order valence-corrected chi connectivity index (χ4v) is 4.25. The van der Waals surface area contributed by atoms with Crippen LogP contribution in [0.1, 0.15) is 51.4 Å². The Labute approximate surface area is 138 Å². The molecule has 0 aromatic rings. The molecule has 23 heavy (non-hydrogen) atoms. The lowest BCUT2D eigenvalue weighted by Gasteiger charge is -2.30. The van der Waals surface area contributed by atoms with Crippen molar-refractivity contribution < 1.29 is 14.7 Å². The van der Waals surface area contributed by atoms with Gasteiger partial charge in [0.1, 0.15) is 0 Å². The summed E-state index contributed by atoms with van der Waals surface area (Å²) in [7, 11) is 0. The van der Waals surface area contributed by atoms with Crippen molar-refractivity contribution >= 4 is 11.8 Å². The van der Waals surface area contributed by atoms with E-state index in [0.29, 0.717) is 19.0 Å². The highest BCUT2D eigenvalue weighted by atomic mass is 16.3.